The summed E-state index contributed by atoms with van der Waals surface area (Å²) < 4.78 is 0. The zero-order chi connectivity index (χ0) is 15.1. The Kier molecular flexibility index (Phi) is 8.46. The maximum atomic E-state index is 12.3. The first-order chi connectivity index (χ1) is 10.2. The molecule has 0 radical (unpaired) electrons. The summed E-state index contributed by atoms with van der Waals surface area (Å²) in [4.78, 5) is 12.3. The first-order valence-electron chi connectivity index (χ1n) is 7.95. The first-order valence-corrected chi connectivity index (χ1v) is 7.95. The lowest BCUT2D eigenvalue weighted by molar-refractivity contribution is 0.0899. The van der Waals surface area contributed by atoms with Gasteiger partial charge in [0.1, 0.15) is 0 Å². The van der Waals surface area contributed by atoms with Gasteiger partial charge in [-0.1, -0.05) is 31.4 Å². The Bertz CT molecular complexity index is 444. The van der Waals surface area contributed by atoms with E-state index in [0.717, 1.165) is 18.4 Å². The fourth-order valence-electron chi connectivity index (χ4n) is 3.15. The number of rotatable bonds is 6. The van der Waals surface area contributed by atoms with Crippen molar-refractivity contribution in [2.75, 3.05) is 6.61 Å². The molecule has 4 N–H and O–H groups in total. The van der Waals surface area contributed by atoms with E-state index in [-0.39, 0.29) is 31.0 Å². The Labute approximate surface area is 138 Å². The summed E-state index contributed by atoms with van der Waals surface area (Å²) in [7, 11) is 0. The van der Waals surface area contributed by atoms with Crippen LogP contribution in [0.5, 0.6) is 0 Å². The molecule has 1 aromatic rings. The molecule has 1 amide bonds. The van der Waals surface area contributed by atoms with Gasteiger partial charge in [0.05, 0.1) is 0 Å². The molecular weight excluding hydrogens is 300 g/mol. The van der Waals surface area contributed by atoms with Gasteiger partial charge in [-0.2, -0.15) is 0 Å². The SMILES string of the molecule is Cl.NCc1ccc(C(=O)NC(CCO)C2CCCCC2)cc1. The molecule has 0 saturated heterocycles. The molecule has 4 nitrogen and oxygen atoms in total. The van der Waals surface area contributed by atoms with Gasteiger partial charge in [-0.3, -0.25) is 4.79 Å². The molecule has 0 heterocycles. The number of aliphatic hydroxyl groups excluding tert-OH is 1. The molecule has 5 heteroatoms. The number of carbonyl (C=O) groups excluding carboxylic acids is 1. The molecule has 124 valence electrons. The lowest BCUT2D eigenvalue weighted by atomic mass is 9.82. The number of hydrogen-bond acceptors (Lipinski definition) is 3. The minimum atomic E-state index is -0.0532. The molecule has 0 spiro atoms. The summed E-state index contributed by atoms with van der Waals surface area (Å²) in [6.45, 7) is 0.602. The Hall–Kier alpha value is -1.10. The van der Waals surface area contributed by atoms with Gasteiger partial charge in [-0.05, 0) is 42.9 Å². The van der Waals surface area contributed by atoms with Crippen LogP contribution in [0, 0.1) is 5.92 Å². The third kappa shape index (κ3) is 5.27. The predicted octanol–water partition coefficient (Wildman–Crippen LogP) is 2.63. The number of halogens is 1. The second-order valence-corrected chi connectivity index (χ2v) is 5.89. The molecule has 0 aromatic heterocycles. The summed E-state index contributed by atoms with van der Waals surface area (Å²) in [5.41, 5.74) is 7.24. The van der Waals surface area contributed by atoms with Crippen LogP contribution < -0.4 is 11.1 Å². The Morgan fingerprint density at radius 1 is 1.23 bits per heavy atom. The van der Waals surface area contributed by atoms with E-state index >= 15 is 0 Å². The number of benzene rings is 1. The van der Waals surface area contributed by atoms with Gasteiger partial charge in [-0.15, -0.1) is 12.4 Å². The van der Waals surface area contributed by atoms with E-state index in [1.807, 2.05) is 24.3 Å². The fraction of sp³-hybridized carbons (Fsp3) is 0.588. The number of nitrogens with one attached hydrogen (secondary N) is 1. The van der Waals surface area contributed by atoms with Crippen molar-refractivity contribution in [3.05, 3.63) is 35.4 Å². The molecule has 0 aliphatic heterocycles. The van der Waals surface area contributed by atoms with Crippen LogP contribution in [0.1, 0.15) is 54.4 Å². The van der Waals surface area contributed by atoms with Crippen LogP contribution in [0.4, 0.5) is 0 Å². The topological polar surface area (TPSA) is 75.4 Å². The van der Waals surface area contributed by atoms with Crippen molar-refractivity contribution in [1.29, 1.82) is 0 Å². The quantitative estimate of drug-likeness (QED) is 0.752. The van der Waals surface area contributed by atoms with E-state index in [1.54, 1.807) is 0 Å². The molecule has 1 unspecified atom stereocenters. The van der Waals surface area contributed by atoms with Gasteiger partial charge in [-0.25, -0.2) is 0 Å². The Morgan fingerprint density at radius 2 is 1.86 bits per heavy atom. The highest BCUT2D eigenvalue weighted by molar-refractivity contribution is 5.94. The van der Waals surface area contributed by atoms with Crippen LogP contribution in [0.25, 0.3) is 0 Å². The van der Waals surface area contributed by atoms with Gasteiger partial charge >= 0.3 is 0 Å². The number of amides is 1. The summed E-state index contributed by atoms with van der Waals surface area (Å²) in [6.07, 6.45) is 6.68. The maximum absolute atomic E-state index is 12.3. The van der Waals surface area contributed by atoms with Crippen LogP contribution in [-0.4, -0.2) is 23.7 Å². The van der Waals surface area contributed by atoms with E-state index in [1.165, 1.54) is 19.3 Å². The van der Waals surface area contributed by atoms with E-state index in [0.29, 0.717) is 24.4 Å². The molecule has 1 aliphatic rings. The highest BCUT2D eigenvalue weighted by Crippen LogP contribution is 2.27. The molecule has 1 aromatic carbocycles. The molecule has 0 bridgehead atoms. The standard InChI is InChI=1S/C17H26N2O2.ClH/c18-12-13-6-8-15(9-7-13)17(21)19-16(10-11-20)14-4-2-1-3-5-14;/h6-9,14,16,20H,1-5,10-12,18H2,(H,19,21);1H. The predicted molar refractivity (Wildman–Crippen MR) is 91.1 cm³/mol. The highest BCUT2D eigenvalue weighted by Gasteiger charge is 2.24. The zero-order valence-corrected chi connectivity index (χ0v) is 13.8. The van der Waals surface area contributed by atoms with Crippen molar-refractivity contribution in [3.63, 3.8) is 0 Å². The molecule has 2 rings (SSSR count). The Balaban J connectivity index is 0.00000242. The minimum Gasteiger partial charge on any atom is -0.396 e. The molecule has 1 saturated carbocycles. The third-order valence-corrected chi connectivity index (χ3v) is 4.43. The van der Waals surface area contributed by atoms with Crippen molar-refractivity contribution in [2.45, 2.75) is 51.1 Å². The van der Waals surface area contributed by atoms with Gasteiger partial charge in [0.2, 0.25) is 0 Å². The van der Waals surface area contributed by atoms with Crippen molar-refractivity contribution >= 4 is 18.3 Å². The normalized spacial score (nSPS) is 16.6. The zero-order valence-electron chi connectivity index (χ0n) is 13.0. The van der Waals surface area contributed by atoms with E-state index in [2.05, 4.69) is 5.32 Å². The van der Waals surface area contributed by atoms with Crippen molar-refractivity contribution in [2.24, 2.45) is 11.7 Å². The lowest BCUT2D eigenvalue weighted by Gasteiger charge is -2.30. The van der Waals surface area contributed by atoms with Crippen molar-refractivity contribution < 1.29 is 9.90 Å². The van der Waals surface area contributed by atoms with E-state index in [9.17, 15) is 9.90 Å². The molecular formula is C17H27ClN2O2. The highest BCUT2D eigenvalue weighted by atomic mass is 35.5. The average Bonchev–Trinajstić information content (AvgIpc) is 2.55. The van der Waals surface area contributed by atoms with Crippen LogP contribution in [0.2, 0.25) is 0 Å². The first kappa shape index (κ1) is 18.9. The second kappa shape index (κ2) is 9.82. The number of aliphatic hydroxyl groups is 1. The summed E-state index contributed by atoms with van der Waals surface area (Å²) in [6, 6.07) is 7.48. The van der Waals surface area contributed by atoms with Crippen LogP contribution in [0.15, 0.2) is 24.3 Å². The van der Waals surface area contributed by atoms with Crippen LogP contribution in [-0.2, 0) is 6.54 Å². The monoisotopic (exact) mass is 326 g/mol. The average molecular weight is 327 g/mol. The summed E-state index contributed by atoms with van der Waals surface area (Å²) in [5, 5.41) is 12.4. The summed E-state index contributed by atoms with van der Waals surface area (Å²) >= 11 is 0. The molecule has 1 aliphatic carbocycles. The number of hydrogen-bond donors (Lipinski definition) is 3. The largest absolute Gasteiger partial charge is 0.396 e. The number of nitrogens with two attached hydrogens (primary N) is 1. The van der Waals surface area contributed by atoms with Crippen LogP contribution >= 0.6 is 12.4 Å². The Morgan fingerprint density at radius 3 is 2.41 bits per heavy atom. The van der Waals surface area contributed by atoms with Gasteiger partial charge in [0, 0.05) is 24.8 Å². The lowest BCUT2D eigenvalue weighted by Crippen LogP contribution is -2.41. The fourth-order valence-corrected chi connectivity index (χ4v) is 3.15. The third-order valence-electron chi connectivity index (χ3n) is 4.43. The summed E-state index contributed by atoms with van der Waals surface area (Å²) in [5.74, 6) is 0.445. The maximum Gasteiger partial charge on any atom is 0.251 e. The molecule has 22 heavy (non-hydrogen) atoms. The molecule has 1 atom stereocenters. The van der Waals surface area contributed by atoms with Crippen molar-refractivity contribution in [3.8, 4) is 0 Å². The van der Waals surface area contributed by atoms with Gasteiger partial charge < -0.3 is 16.2 Å². The minimum absolute atomic E-state index is 0. The number of carbonyl (C=O) groups is 1. The van der Waals surface area contributed by atoms with E-state index in [4.69, 9.17) is 5.73 Å². The van der Waals surface area contributed by atoms with Gasteiger partial charge in [0.25, 0.3) is 5.91 Å². The smallest absolute Gasteiger partial charge is 0.251 e. The van der Waals surface area contributed by atoms with Gasteiger partial charge in [0.15, 0.2) is 0 Å². The van der Waals surface area contributed by atoms with E-state index < -0.39 is 0 Å². The second-order valence-electron chi connectivity index (χ2n) is 5.89. The van der Waals surface area contributed by atoms with Crippen LogP contribution in [0.3, 0.4) is 0 Å². The molecule has 1 fully saturated rings. The van der Waals surface area contributed by atoms with Crippen molar-refractivity contribution in [1.82, 2.24) is 5.32 Å².